The number of aryl methyl sites for hydroxylation is 1. The van der Waals surface area contributed by atoms with Gasteiger partial charge in [-0.25, -0.2) is 9.59 Å². The van der Waals surface area contributed by atoms with Crippen molar-refractivity contribution in [3.63, 3.8) is 0 Å². The molecule has 0 aromatic heterocycles. The molecule has 0 amide bonds. The maximum atomic E-state index is 12.4. The van der Waals surface area contributed by atoms with E-state index in [0.717, 1.165) is 12.8 Å². The zero-order valence-electron chi connectivity index (χ0n) is 16.2. The first kappa shape index (κ1) is 22.1. The minimum Gasteiger partial charge on any atom is -0.462 e. The summed E-state index contributed by atoms with van der Waals surface area (Å²) < 4.78 is 21.4. The van der Waals surface area contributed by atoms with Crippen molar-refractivity contribution in [2.24, 2.45) is 0 Å². The van der Waals surface area contributed by atoms with Crippen molar-refractivity contribution in [3.8, 4) is 0 Å². The summed E-state index contributed by atoms with van der Waals surface area (Å²) in [4.78, 5) is 24.4. The second-order valence-corrected chi connectivity index (χ2v) is 5.87. The van der Waals surface area contributed by atoms with Crippen molar-refractivity contribution < 1.29 is 28.5 Å². The van der Waals surface area contributed by atoms with Crippen LogP contribution in [0.4, 0.5) is 0 Å². The molecule has 0 saturated heterocycles. The van der Waals surface area contributed by atoms with E-state index in [1.165, 1.54) is 0 Å². The molecule has 0 saturated carbocycles. The molecular weight excluding hydrogens is 336 g/mol. The van der Waals surface area contributed by atoms with E-state index in [-0.39, 0.29) is 19.2 Å². The zero-order chi connectivity index (χ0) is 19.4. The van der Waals surface area contributed by atoms with E-state index in [1.54, 1.807) is 25.1 Å². The molecule has 6 nitrogen and oxygen atoms in total. The monoisotopic (exact) mass is 366 g/mol. The highest BCUT2D eigenvalue weighted by Gasteiger charge is 2.19. The van der Waals surface area contributed by atoms with Gasteiger partial charge in [0.1, 0.15) is 6.10 Å². The highest BCUT2D eigenvalue weighted by atomic mass is 16.6. The van der Waals surface area contributed by atoms with Crippen LogP contribution in [0.15, 0.2) is 18.2 Å². The van der Waals surface area contributed by atoms with E-state index in [0.29, 0.717) is 36.5 Å². The molecule has 1 rings (SSSR count). The number of hydrogen-bond acceptors (Lipinski definition) is 6. The molecule has 0 atom stereocenters. The number of carbonyl (C=O) groups is 2. The Labute approximate surface area is 155 Å². The van der Waals surface area contributed by atoms with Gasteiger partial charge in [-0.05, 0) is 51.0 Å². The molecule has 0 N–H and O–H groups in total. The average molecular weight is 366 g/mol. The van der Waals surface area contributed by atoms with E-state index in [9.17, 15) is 9.59 Å². The molecule has 0 radical (unpaired) electrons. The van der Waals surface area contributed by atoms with E-state index in [4.69, 9.17) is 18.9 Å². The molecule has 146 valence electrons. The van der Waals surface area contributed by atoms with E-state index in [1.807, 2.05) is 20.8 Å². The third kappa shape index (κ3) is 7.54. The normalized spacial score (nSPS) is 10.8. The molecule has 1 aromatic rings. The van der Waals surface area contributed by atoms with Crippen LogP contribution in [0.5, 0.6) is 0 Å². The first-order chi connectivity index (χ1) is 12.5. The summed E-state index contributed by atoms with van der Waals surface area (Å²) in [5, 5.41) is 0. The highest BCUT2D eigenvalue weighted by molar-refractivity contribution is 5.94. The quantitative estimate of drug-likeness (QED) is 0.416. The van der Waals surface area contributed by atoms with Gasteiger partial charge in [-0.15, -0.1) is 0 Å². The molecule has 6 heteroatoms. The first-order valence-electron chi connectivity index (χ1n) is 9.17. The lowest BCUT2D eigenvalue weighted by Gasteiger charge is -2.18. The van der Waals surface area contributed by atoms with Crippen molar-refractivity contribution in [3.05, 3.63) is 34.9 Å². The molecule has 0 spiro atoms. The van der Waals surface area contributed by atoms with E-state index < -0.39 is 12.1 Å². The van der Waals surface area contributed by atoms with Gasteiger partial charge >= 0.3 is 11.9 Å². The molecule has 0 aliphatic rings. The fourth-order valence-corrected chi connectivity index (χ4v) is 2.24. The van der Waals surface area contributed by atoms with E-state index >= 15 is 0 Å². The van der Waals surface area contributed by atoms with Crippen LogP contribution < -0.4 is 0 Å². The summed E-state index contributed by atoms with van der Waals surface area (Å²) >= 11 is 0. The standard InChI is InChI=1S/C20H30O6/c1-5-8-11-25-19(21)16-9-10-18(15(4)12-16)20(22)26-17(13-23-6-2)14-24-7-3/h9-10,12,17H,5-8,11,13-14H2,1-4H3. The van der Waals surface area contributed by atoms with Crippen LogP contribution in [0.2, 0.25) is 0 Å². The Bertz CT molecular complexity index is 561. The van der Waals surface area contributed by atoms with Crippen molar-refractivity contribution in [1.29, 1.82) is 0 Å². The summed E-state index contributed by atoms with van der Waals surface area (Å²) in [6.07, 6.45) is 1.32. The molecule has 1 aromatic carbocycles. The van der Waals surface area contributed by atoms with Gasteiger partial charge in [-0.1, -0.05) is 13.3 Å². The maximum absolute atomic E-state index is 12.4. The Hall–Kier alpha value is -1.92. The number of carbonyl (C=O) groups excluding carboxylic acids is 2. The Balaban J connectivity index is 2.74. The molecule has 26 heavy (non-hydrogen) atoms. The number of rotatable bonds is 12. The van der Waals surface area contributed by atoms with Crippen molar-refractivity contribution >= 4 is 11.9 Å². The number of ether oxygens (including phenoxy) is 4. The molecule has 0 bridgehead atoms. The topological polar surface area (TPSA) is 71.1 Å². The average Bonchev–Trinajstić information content (AvgIpc) is 2.63. The van der Waals surface area contributed by atoms with Crippen LogP contribution in [0.3, 0.4) is 0 Å². The fraction of sp³-hybridized carbons (Fsp3) is 0.600. The smallest absolute Gasteiger partial charge is 0.338 e. The lowest BCUT2D eigenvalue weighted by molar-refractivity contribution is -0.0364. The van der Waals surface area contributed by atoms with Crippen molar-refractivity contribution in [2.75, 3.05) is 33.0 Å². The summed E-state index contributed by atoms with van der Waals surface area (Å²) in [6.45, 7) is 9.58. The predicted octanol–water partition coefficient (Wildman–Crippen LogP) is 3.55. The summed E-state index contributed by atoms with van der Waals surface area (Å²) in [7, 11) is 0. The molecule has 0 aliphatic heterocycles. The van der Waals surface area contributed by atoms with Gasteiger partial charge in [-0.3, -0.25) is 0 Å². The SMILES string of the molecule is CCCCOC(=O)c1ccc(C(=O)OC(COCC)COCC)c(C)c1. The second-order valence-electron chi connectivity index (χ2n) is 5.87. The van der Waals surface area contributed by atoms with Gasteiger partial charge in [-0.2, -0.15) is 0 Å². The van der Waals surface area contributed by atoms with E-state index in [2.05, 4.69) is 0 Å². The Morgan fingerprint density at radius 1 is 1.00 bits per heavy atom. The zero-order valence-corrected chi connectivity index (χ0v) is 16.2. The molecule has 0 unspecified atom stereocenters. The molecule has 0 aliphatic carbocycles. The number of hydrogen-bond donors (Lipinski definition) is 0. The third-order valence-corrected chi connectivity index (χ3v) is 3.70. The second kappa shape index (κ2) is 12.4. The van der Waals surface area contributed by atoms with Gasteiger partial charge in [0.05, 0.1) is 30.9 Å². The predicted molar refractivity (Wildman–Crippen MR) is 98.6 cm³/mol. The largest absolute Gasteiger partial charge is 0.462 e. The Morgan fingerprint density at radius 2 is 1.65 bits per heavy atom. The van der Waals surface area contributed by atoms with Gasteiger partial charge in [0, 0.05) is 13.2 Å². The number of esters is 2. The summed E-state index contributed by atoms with van der Waals surface area (Å²) in [6, 6.07) is 4.81. The van der Waals surface area contributed by atoms with Crippen molar-refractivity contribution in [1.82, 2.24) is 0 Å². The highest BCUT2D eigenvalue weighted by Crippen LogP contribution is 2.15. The van der Waals surface area contributed by atoms with Gasteiger partial charge in [0.2, 0.25) is 0 Å². The van der Waals surface area contributed by atoms with Crippen LogP contribution in [-0.2, 0) is 18.9 Å². The van der Waals surface area contributed by atoms with Crippen LogP contribution in [0.1, 0.15) is 59.9 Å². The summed E-state index contributed by atoms with van der Waals surface area (Å²) in [5.41, 5.74) is 1.50. The first-order valence-corrected chi connectivity index (χ1v) is 9.17. The van der Waals surface area contributed by atoms with Crippen LogP contribution in [0.25, 0.3) is 0 Å². The van der Waals surface area contributed by atoms with Crippen LogP contribution >= 0.6 is 0 Å². The maximum Gasteiger partial charge on any atom is 0.338 e. The Morgan fingerprint density at radius 3 is 2.19 bits per heavy atom. The number of benzene rings is 1. The van der Waals surface area contributed by atoms with Crippen LogP contribution in [-0.4, -0.2) is 51.1 Å². The minimum absolute atomic E-state index is 0.281. The summed E-state index contributed by atoms with van der Waals surface area (Å²) in [5.74, 6) is -0.843. The third-order valence-electron chi connectivity index (χ3n) is 3.70. The van der Waals surface area contributed by atoms with Gasteiger partial charge in [0.25, 0.3) is 0 Å². The van der Waals surface area contributed by atoms with Gasteiger partial charge < -0.3 is 18.9 Å². The fourth-order valence-electron chi connectivity index (χ4n) is 2.24. The lowest BCUT2D eigenvalue weighted by Crippen LogP contribution is -2.29. The Kier molecular flexibility index (Phi) is 10.6. The minimum atomic E-state index is -0.472. The number of unbranched alkanes of at least 4 members (excludes halogenated alkanes) is 1. The van der Waals surface area contributed by atoms with Crippen molar-refractivity contribution in [2.45, 2.75) is 46.6 Å². The molecule has 0 fully saturated rings. The molecular formula is C20H30O6. The lowest BCUT2D eigenvalue weighted by atomic mass is 10.1. The molecule has 0 heterocycles. The van der Waals surface area contributed by atoms with Crippen LogP contribution in [0, 0.1) is 6.92 Å². The van der Waals surface area contributed by atoms with Gasteiger partial charge in [0.15, 0.2) is 0 Å².